The molecule has 0 aromatic rings. The molecule has 0 aliphatic carbocycles. The molecule has 0 bridgehead atoms. The van der Waals surface area contributed by atoms with Crippen LogP contribution in [0.3, 0.4) is 0 Å². The van der Waals surface area contributed by atoms with E-state index < -0.39 is 5.97 Å². The summed E-state index contributed by atoms with van der Waals surface area (Å²) in [5.74, 6) is -0.745. The van der Waals surface area contributed by atoms with Crippen LogP contribution in [0.2, 0.25) is 0 Å². The van der Waals surface area contributed by atoms with Gasteiger partial charge in [0.05, 0.1) is 0 Å². The molecule has 0 aromatic carbocycles. The Morgan fingerprint density at radius 1 is 1.86 bits per heavy atom. The Balaban J connectivity index is 0. The third-order valence-electron chi connectivity index (χ3n) is 0.302. The first kappa shape index (κ1) is 10.6. The fourth-order valence-corrected chi connectivity index (χ4v) is 0. The van der Waals surface area contributed by atoms with Crippen LogP contribution in [0.1, 0.15) is 13.3 Å². The van der Waals surface area contributed by atoms with Gasteiger partial charge in [-0.05, 0) is 0 Å². The zero-order valence-electron chi connectivity index (χ0n) is 5.06. The third-order valence-corrected chi connectivity index (χ3v) is 0.302. The molecule has 1 N–H and O–H groups in total. The van der Waals surface area contributed by atoms with Gasteiger partial charge in [0.15, 0.2) is 0 Å². The van der Waals surface area contributed by atoms with Crippen LogP contribution in [0.15, 0.2) is 0 Å². The van der Waals surface area contributed by atoms with Crippen molar-refractivity contribution in [1.29, 1.82) is 0 Å². The van der Waals surface area contributed by atoms with E-state index in [0.29, 0.717) is 0 Å². The Labute approximate surface area is 62.9 Å². The average Bonchev–Trinajstić information content (AvgIpc) is 1.73. The van der Waals surface area contributed by atoms with E-state index in [4.69, 9.17) is 5.11 Å². The van der Waals surface area contributed by atoms with Crippen molar-refractivity contribution in [2.24, 2.45) is 0 Å². The molecule has 0 heterocycles. The molecule has 0 unspecified atom stereocenters. The average molecular weight is 128 g/mol. The van der Waals surface area contributed by atoms with Crippen LogP contribution in [-0.2, 0) is 4.79 Å². The number of hydrogen-bond donors (Lipinski definition) is 1. The number of hydrogen-bond acceptors (Lipinski definition) is 1. The zero-order chi connectivity index (χ0) is 6.28. The van der Waals surface area contributed by atoms with E-state index in [-0.39, 0.29) is 6.42 Å². The van der Waals surface area contributed by atoms with E-state index in [2.05, 4.69) is 0 Å². The maximum absolute atomic E-state index is 9.37. The fraction of sp³-hybridized carbons (Fsp3) is 0.667. The number of carbonyl (C=O) groups is 1. The summed E-state index contributed by atoms with van der Waals surface area (Å²) in [7, 11) is 0. The van der Waals surface area contributed by atoms with E-state index in [9.17, 15) is 4.79 Å². The van der Waals surface area contributed by atoms with Gasteiger partial charge in [0.2, 0.25) is 0 Å². The summed E-state index contributed by atoms with van der Waals surface area (Å²) in [6.45, 7) is 3.04. The topological polar surface area (TPSA) is 37.3 Å². The number of aliphatic carboxylic acids is 1. The van der Waals surface area contributed by atoms with Crippen LogP contribution in [0.4, 0.5) is 0 Å². The van der Waals surface area contributed by atoms with Crippen molar-refractivity contribution in [3.63, 3.8) is 0 Å². The summed E-state index contributed by atoms with van der Waals surface area (Å²) in [5.41, 5.74) is 0. The van der Waals surface area contributed by atoms with Crippen molar-refractivity contribution >= 4 is 39.8 Å². The molecule has 0 saturated heterocycles. The van der Waals surface area contributed by atoms with Crippen molar-refractivity contribution in [3.8, 4) is 0 Å². The molecule has 0 fully saturated rings. The molecule has 0 atom stereocenters. The predicted octanol–water partition coefficient (Wildman–Crippen LogP) is -1.08. The van der Waals surface area contributed by atoms with Crippen molar-refractivity contribution in [1.82, 2.24) is 0 Å². The van der Waals surface area contributed by atoms with Gasteiger partial charge < -0.3 is 5.11 Å². The minimum atomic E-state index is -0.745. The van der Waals surface area contributed by atoms with Crippen molar-refractivity contribution < 1.29 is 9.90 Å². The quantitative estimate of drug-likeness (QED) is 0.456. The Morgan fingerprint density at radius 3 is 2.00 bits per heavy atom. The van der Waals surface area contributed by atoms with Crippen LogP contribution in [0.5, 0.6) is 0 Å². The second-order valence-electron chi connectivity index (χ2n) is 0.747. The standard InChI is InChI=1S/C3H6O2.Na.H3Si/c1-2-3(4)5;;/h2H2,1H3,(H,4,5);;1H3. The molecule has 0 rings (SSSR count). The summed E-state index contributed by atoms with van der Waals surface area (Å²) < 4.78 is 0. The van der Waals surface area contributed by atoms with Gasteiger partial charge in [-0.2, -0.15) is 0 Å². The number of carboxylic acids is 1. The van der Waals surface area contributed by atoms with Gasteiger partial charge in [-0.1, -0.05) is 6.92 Å². The molecule has 0 amide bonds. The molecule has 7 heavy (non-hydrogen) atoms. The van der Waals surface area contributed by atoms with Gasteiger partial charge >= 0.3 is 39.8 Å². The van der Waals surface area contributed by atoms with Gasteiger partial charge in [-0.3, -0.25) is 4.79 Å². The van der Waals surface area contributed by atoms with Crippen LogP contribution < -0.4 is 0 Å². The van der Waals surface area contributed by atoms with E-state index in [1.165, 1.54) is 33.8 Å². The summed E-state index contributed by atoms with van der Waals surface area (Å²) in [6.07, 6.45) is 0.222. The first-order valence-electron chi connectivity index (χ1n) is 2.49. The Bertz CT molecular complexity index is 48.2. The second-order valence-corrected chi connectivity index (χ2v) is 0.747. The van der Waals surface area contributed by atoms with Crippen LogP contribution >= 0.6 is 0 Å². The second kappa shape index (κ2) is 9.84. The molecular weight excluding hydrogens is 119 g/mol. The summed E-state index contributed by atoms with van der Waals surface area (Å²) in [5, 5.41) is 7.72. The Morgan fingerprint density at radius 2 is 2.00 bits per heavy atom. The molecule has 4 heteroatoms. The van der Waals surface area contributed by atoms with Gasteiger partial charge in [0, 0.05) is 6.42 Å². The molecule has 0 radical (unpaired) electrons. The van der Waals surface area contributed by atoms with Crippen molar-refractivity contribution in [3.05, 3.63) is 0 Å². The van der Waals surface area contributed by atoms with E-state index in [0.717, 1.165) is 0 Å². The van der Waals surface area contributed by atoms with Crippen LogP contribution in [0, 0.1) is 0 Å². The number of carboxylic acid groups (broad SMARTS) is 1. The summed E-state index contributed by atoms with van der Waals surface area (Å²) in [4.78, 5) is 9.37. The molecular formula is C3H9NaO2Si. The zero-order valence-corrected chi connectivity index (χ0v) is 9.06. The molecule has 0 aromatic heterocycles. The van der Waals surface area contributed by atoms with Crippen LogP contribution in [-0.4, -0.2) is 44.9 Å². The normalized spacial score (nSPS) is 6.71. The molecule has 2 nitrogen and oxygen atoms in total. The molecule has 0 aliphatic rings. The summed E-state index contributed by atoms with van der Waals surface area (Å²) >= 11 is 1.44. The van der Waals surface area contributed by atoms with Gasteiger partial charge in [0.1, 0.15) is 0 Å². The molecule has 0 spiro atoms. The van der Waals surface area contributed by atoms with E-state index in [1.807, 2.05) is 0 Å². The van der Waals surface area contributed by atoms with Gasteiger partial charge in [-0.15, -0.1) is 0 Å². The molecule has 38 valence electrons. The van der Waals surface area contributed by atoms with Crippen molar-refractivity contribution in [2.45, 2.75) is 13.3 Å². The first-order valence-corrected chi connectivity index (χ1v) is 10.5. The predicted molar refractivity (Wildman–Crippen MR) is 33.6 cm³/mol. The minimum absolute atomic E-state index is 0.222. The summed E-state index contributed by atoms with van der Waals surface area (Å²) in [6, 6.07) is 0. The van der Waals surface area contributed by atoms with E-state index >= 15 is 0 Å². The van der Waals surface area contributed by atoms with E-state index in [1.54, 1.807) is 6.92 Å². The first-order chi connectivity index (χ1) is 3.27. The van der Waals surface area contributed by atoms with Gasteiger partial charge in [-0.25, -0.2) is 0 Å². The molecule has 0 aliphatic heterocycles. The maximum atomic E-state index is 9.37. The number of rotatable bonds is 1. The molecule has 0 saturated carbocycles. The monoisotopic (exact) mass is 128 g/mol. The fourth-order valence-electron chi connectivity index (χ4n) is 0. The van der Waals surface area contributed by atoms with Crippen molar-refractivity contribution in [2.75, 3.05) is 0 Å². The Kier molecular flexibility index (Phi) is 14.9. The van der Waals surface area contributed by atoms with Gasteiger partial charge in [0.25, 0.3) is 0 Å². The third kappa shape index (κ3) is 20.3. The van der Waals surface area contributed by atoms with Crippen LogP contribution in [0.25, 0.3) is 0 Å². The Hall–Kier alpha value is 0.687. The SMILES string of the molecule is CCC(=O)O.[Na][SiH3].